The Labute approximate surface area is 157 Å². The van der Waals surface area contributed by atoms with Crippen LogP contribution < -0.4 is 19.5 Å². The van der Waals surface area contributed by atoms with E-state index in [2.05, 4.69) is 20.3 Å². The molecule has 0 unspecified atom stereocenters. The molecule has 1 aliphatic carbocycles. The number of anilines is 2. The molecule has 0 radical (unpaired) electrons. The van der Waals surface area contributed by atoms with Gasteiger partial charge in [0.2, 0.25) is 5.75 Å². The van der Waals surface area contributed by atoms with Crippen molar-refractivity contribution in [3.05, 3.63) is 42.2 Å². The van der Waals surface area contributed by atoms with E-state index in [9.17, 15) is 0 Å². The first-order valence-electron chi connectivity index (χ1n) is 8.67. The van der Waals surface area contributed by atoms with Gasteiger partial charge in [0, 0.05) is 23.4 Å². The minimum Gasteiger partial charge on any atom is -0.493 e. The summed E-state index contributed by atoms with van der Waals surface area (Å²) in [5.41, 5.74) is 3.15. The maximum absolute atomic E-state index is 5.42. The van der Waals surface area contributed by atoms with Crippen molar-refractivity contribution >= 4 is 11.6 Å². The van der Waals surface area contributed by atoms with Crippen LogP contribution in [0.25, 0.3) is 5.69 Å². The van der Waals surface area contributed by atoms with Crippen LogP contribution in [0.1, 0.15) is 17.7 Å². The van der Waals surface area contributed by atoms with Gasteiger partial charge in [0.15, 0.2) is 11.5 Å². The van der Waals surface area contributed by atoms with Gasteiger partial charge in [-0.2, -0.15) is 0 Å². The summed E-state index contributed by atoms with van der Waals surface area (Å²) in [4.78, 5) is 13.2. The molecule has 0 spiro atoms. The van der Waals surface area contributed by atoms with Crippen LogP contribution >= 0.6 is 0 Å². The summed E-state index contributed by atoms with van der Waals surface area (Å²) in [5.74, 6) is 3.26. The van der Waals surface area contributed by atoms with Crippen LogP contribution in [-0.2, 0) is 12.8 Å². The summed E-state index contributed by atoms with van der Waals surface area (Å²) >= 11 is 0. The number of rotatable bonds is 6. The largest absolute Gasteiger partial charge is 0.493 e. The van der Waals surface area contributed by atoms with Crippen LogP contribution in [0, 0.1) is 0 Å². The Morgan fingerprint density at radius 3 is 2.44 bits per heavy atom. The zero-order valence-corrected chi connectivity index (χ0v) is 15.5. The van der Waals surface area contributed by atoms with Crippen molar-refractivity contribution in [1.82, 2.24) is 19.5 Å². The highest BCUT2D eigenvalue weighted by molar-refractivity contribution is 5.60. The van der Waals surface area contributed by atoms with Crippen molar-refractivity contribution in [2.24, 2.45) is 0 Å². The number of ether oxygens (including phenoxy) is 3. The molecule has 0 amide bonds. The van der Waals surface area contributed by atoms with Gasteiger partial charge in [-0.15, -0.1) is 0 Å². The van der Waals surface area contributed by atoms with Gasteiger partial charge in [-0.3, -0.25) is 0 Å². The molecule has 0 saturated carbocycles. The number of nitrogens with one attached hydrogen (secondary N) is 1. The first-order chi connectivity index (χ1) is 13.2. The van der Waals surface area contributed by atoms with Crippen molar-refractivity contribution in [3.63, 3.8) is 0 Å². The molecule has 0 bridgehead atoms. The number of hydrogen-bond acceptors (Lipinski definition) is 7. The highest BCUT2D eigenvalue weighted by Crippen LogP contribution is 2.39. The van der Waals surface area contributed by atoms with E-state index in [-0.39, 0.29) is 0 Å². The molecule has 0 atom stereocenters. The van der Waals surface area contributed by atoms with E-state index in [1.807, 2.05) is 22.9 Å². The molecular weight excluding hydrogens is 346 g/mol. The molecule has 0 saturated heterocycles. The minimum absolute atomic E-state index is 0.554. The highest BCUT2D eigenvalue weighted by atomic mass is 16.5. The first kappa shape index (κ1) is 17.1. The fraction of sp³-hybridized carbons (Fsp3) is 0.316. The number of aryl methyl sites for hydroxylation is 1. The fourth-order valence-corrected chi connectivity index (χ4v) is 3.33. The van der Waals surface area contributed by atoms with Crippen molar-refractivity contribution in [1.29, 1.82) is 0 Å². The molecule has 1 aliphatic rings. The third-order valence-electron chi connectivity index (χ3n) is 4.65. The van der Waals surface area contributed by atoms with Gasteiger partial charge in [0.25, 0.3) is 0 Å². The second kappa shape index (κ2) is 7.14. The molecule has 3 aromatic rings. The number of benzene rings is 1. The summed E-state index contributed by atoms with van der Waals surface area (Å²) in [6, 6.07) is 3.74. The van der Waals surface area contributed by atoms with E-state index in [0.29, 0.717) is 23.1 Å². The van der Waals surface area contributed by atoms with E-state index in [0.717, 1.165) is 36.5 Å². The van der Waals surface area contributed by atoms with Gasteiger partial charge in [-0.1, -0.05) is 0 Å². The lowest BCUT2D eigenvalue weighted by atomic mass is 10.2. The monoisotopic (exact) mass is 367 g/mol. The van der Waals surface area contributed by atoms with Crippen LogP contribution in [0.2, 0.25) is 0 Å². The van der Waals surface area contributed by atoms with Crippen molar-refractivity contribution in [3.8, 4) is 22.9 Å². The Morgan fingerprint density at radius 2 is 1.74 bits per heavy atom. The lowest BCUT2D eigenvalue weighted by Gasteiger charge is -2.14. The van der Waals surface area contributed by atoms with Gasteiger partial charge in [-0.05, 0) is 19.3 Å². The van der Waals surface area contributed by atoms with Crippen LogP contribution in [0.5, 0.6) is 17.2 Å². The normalized spacial score (nSPS) is 12.6. The standard InChI is InChI=1S/C19H21N5O3/c1-25-15-7-12(8-16(26-2)18(15)27-3)24-9-17(22-11-24)23-19-13-5-4-6-14(13)20-10-21-19/h7-11H,4-6H2,1-3H3,(H,20,21,23). The van der Waals surface area contributed by atoms with Crippen LogP contribution in [0.3, 0.4) is 0 Å². The summed E-state index contributed by atoms with van der Waals surface area (Å²) in [6.45, 7) is 0. The quantitative estimate of drug-likeness (QED) is 0.717. The van der Waals surface area contributed by atoms with Gasteiger partial charge in [-0.25, -0.2) is 15.0 Å². The van der Waals surface area contributed by atoms with Crippen molar-refractivity contribution < 1.29 is 14.2 Å². The first-order valence-corrected chi connectivity index (χ1v) is 8.67. The second-order valence-electron chi connectivity index (χ2n) is 6.18. The number of aromatic nitrogens is 4. The lowest BCUT2D eigenvalue weighted by molar-refractivity contribution is 0.324. The van der Waals surface area contributed by atoms with Crippen LogP contribution in [0.15, 0.2) is 31.0 Å². The summed E-state index contributed by atoms with van der Waals surface area (Å²) in [6.07, 6.45) is 8.33. The fourth-order valence-electron chi connectivity index (χ4n) is 3.33. The molecule has 0 fully saturated rings. The van der Waals surface area contributed by atoms with Gasteiger partial charge < -0.3 is 24.1 Å². The van der Waals surface area contributed by atoms with E-state index < -0.39 is 0 Å². The summed E-state index contributed by atoms with van der Waals surface area (Å²) in [7, 11) is 4.77. The van der Waals surface area contributed by atoms with Gasteiger partial charge in [0.05, 0.1) is 33.2 Å². The molecule has 140 valence electrons. The molecule has 27 heavy (non-hydrogen) atoms. The average Bonchev–Trinajstić information content (AvgIpc) is 3.36. The highest BCUT2D eigenvalue weighted by Gasteiger charge is 2.18. The maximum atomic E-state index is 5.42. The second-order valence-corrected chi connectivity index (χ2v) is 6.18. The van der Waals surface area contributed by atoms with Crippen LogP contribution in [-0.4, -0.2) is 40.8 Å². The SMILES string of the molecule is COc1cc(-n2cnc(Nc3ncnc4c3CCC4)c2)cc(OC)c1OC. The van der Waals surface area contributed by atoms with E-state index >= 15 is 0 Å². The number of hydrogen-bond donors (Lipinski definition) is 1. The van der Waals surface area contributed by atoms with E-state index in [1.54, 1.807) is 34.0 Å². The number of nitrogens with zero attached hydrogens (tertiary/aromatic N) is 4. The molecular formula is C19H21N5O3. The molecule has 2 heterocycles. The summed E-state index contributed by atoms with van der Waals surface area (Å²) < 4.78 is 18.1. The number of methoxy groups -OCH3 is 3. The van der Waals surface area contributed by atoms with Crippen LogP contribution in [0.4, 0.5) is 11.6 Å². The third-order valence-corrected chi connectivity index (χ3v) is 4.65. The molecule has 8 nitrogen and oxygen atoms in total. The Kier molecular flexibility index (Phi) is 4.53. The molecule has 2 aromatic heterocycles. The molecule has 4 rings (SSSR count). The predicted molar refractivity (Wildman–Crippen MR) is 101 cm³/mol. The molecule has 8 heteroatoms. The van der Waals surface area contributed by atoms with E-state index in [1.165, 1.54) is 5.56 Å². The molecule has 1 N–H and O–H groups in total. The Balaban J connectivity index is 1.64. The van der Waals surface area contributed by atoms with Crippen molar-refractivity contribution in [2.75, 3.05) is 26.6 Å². The topological polar surface area (TPSA) is 83.3 Å². The Morgan fingerprint density at radius 1 is 0.963 bits per heavy atom. The number of imidazole rings is 1. The van der Waals surface area contributed by atoms with Gasteiger partial charge in [0.1, 0.15) is 24.3 Å². The average molecular weight is 367 g/mol. The molecule has 0 aliphatic heterocycles. The minimum atomic E-state index is 0.554. The predicted octanol–water partition coefficient (Wildman–Crippen LogP) is 2.92. The molecule has 1 aromatic carbocycles. The van der Waals surface area contributed by atoms with E-state index in [4.69, 9.17) is 14.2 Å². The smallest absolute Gasteiger partial charge is 0.203 e. The zero-order chi connectivity index (χ0) is 18.8. The Hall–Kier alpha value is -3.29. The third kappa shape index (κ3) is 3.14. The lowest BCUT2D eigenvalue weighted by Crippen LogP contribution is -2.01. The van der Waals surface area contributed by atoms with Gasteiger partial charge >= 0.3 is 0 Å². The summed E-state index contributed by atoms with van der Waals surface area (Å²) in [5, 5.41) is 3.30. The van der Waals surface area contributed by atoms with Crippen molar-refractivity contribution in [2.45, 2.75) is 19.3 Å². The maximum Gasteiger partial charge on any atom is 0.203 e. The number of fused-ring (bicyclic) bond motifs is 1. The Bertz CT molecular complexity index is 945. The zero-order valence-electron chi connectivity index (χ0n) is 15.5.